The first-order valence-corrected chi connectivity index (χ1v) is 8.83. The molecule has 3 N–H and O–H groups in total. The molecule has 1 aliphatic rings. The van der Waals surface area contributed by atoms with Gasteiger partial charge in [0.15, 0.2) is 14.9 Å². The average molecular weight is 345 g/mol. The monoisotopic (exact) mass is 345 g/mol. The van der Waals surface area contributed by atoms with Crippen LogP contribution in [0.2, 0.25) is 0 Å². The molecule has 120 valence electrons. The van der Waals surface area contributed by atoms with Gasteiger partial charge < -0.3 is 5.32 Å². The second-order valence-corrected chi connectivity index (χ2v) is 7.77. The Balaban J connectivity index is 1.82. The maximum Gasteiger partial charge on any atom is 0.242 e. The number of amides is 1. The molecule has 1 saturated heterocycles. The number of nitrogens with one attached hydrogen (secondary N) is 3. The molecular formula is C13H16FN3O3S2. The van der Waals surface area contributed by atoms with E-state index in [9.17, 15) is 17.6 Å². The fourth-order valence-corrected chi connectivity index (χ4v) is 3.97. The van der Waals surface area contributed by atoms with Gasteiger partial charge in [-0.15, -0.1) is 0 Å². The highest BCUT2D eigenvalue weighted by Gasteiger charge is 2.32. The standard InChI is InChI=1S/C13H16FN3O3S2/c1-8-2-3-10(6-11(8)14)15-13(21)17-16-12(18)9-4-5-22(19,20)7-9/h2-3,6,9H,4-5,7H2,1H3,(H,16,18)(H2,15,17,21)/t9-/m1/s1. The molecule has 2 rings (SSSR count). The van der Waals surface area contributed by atoms with E-state index >= 15 is 0 Å². The number of sulfone groups is 1. The molecule has 1 atom stereocenters. The minimum atomic E-state index is -3.12. The smallest absolute Gasteiger partial charge is 0.242 e. The predicted molar refractivity (Wildman–Crippen MR) is 85.4 cm³/mol. The minimum absolute atomic E-state index is 0.0242. The Kier molecular flexibility index (Phi) is 4.97. The molecule has 0 unspecified atom stereocenters. The fraction of sp³-hybridized carbons (Fsp3) is 0.385. The Morgan fingerprint density at radius 1 is 1.36 bits per heavy atom. The van der Waals surface area contributed by atoms with Crippen LogP contribution < -0.4 is 16.2 Å². The molecule has 0 saturated carbocycles. The van der Waals surface area contributed by atoms with Crippen LogP contribution in [0.3, 0.4) is 0 Å². The van der Waals surface area contributed by atoms with E-state index in [0.29, 0.717) is 17.7 Å². The van der Waals surface area contributed by atoms with Gasteiger partial charge in [-0.2, -0.15) is 0 Å². The summed E-state index contributed by atoms with van der Waals surface area (Å²) in [5.41, 5.74) is 5.79. The van der Waals surface area contributed by atoms with Crippen LogP contribution in [0, 0.1) is 18.7 Å². The SMILES string of the molecule is Cc1ccc(NC(=S)NNC(=O)[C@@H]2CCS(=O)(=O)C2)cc1F. The van der Waals surface area contributed by atoms with E-state index < -0.39 is 21.7 Å². The van der Waals surface area contributed by atoms with E-state index in [2.05, 4.69) is 16.2 Å². The van der Waals surface area contributed by atoms with Crippen molar-refractivity contribution in [3.05, 3.63) is 29.6 Å². The molecular weight excluding hydrogens is 329 g/mol. The topological polar surface area (TPSA) is 87.3 Å². The maximum atomic E-state index is 13.4. The first kappa shape index (κ1) is 16.6. The number of aryl methyl sites for hydroxylation is 1. The molecule has 0 aliphatic carbocycles. The van der Waals surface area contributed by atoms with E-state index in [-0.39, 0.29) is 22.4 Å². The van der Waals surface area contributed by atoms with Crippen molar-refractivity contribution in [2.75, 3.05) is 16.8 Å². The van der Waals surface area contributed by atoms with Crippen LogP contribution >= 0.6 is 12.2 Å². The van der Waals surface area contributed by atoms with Gasteiger partial charge in [-0.25, -0.2) is 12.8 Å². The van der Waals surface area contributed by atoms with Gasteiger partial charge in [-0.1, -0.05) is 6.07 Å². The molecule has 1 amide bonds. The van der Waals surface area contributed by atoms with Crippen LogP contribution in [0.4, 0.5) is 10.1 Å². The maximum absolute atomic E-state index is 13.4. The van der Waals surface area contributed by atoms with Gasteiger partial charge in [0.25, 0.3) is 0 Å². The first-order chi connectivity index (χ1) is 10.3. The largest absolute Gasteiger partial charge is 0.331 e. The van der Waals surface area contributed by atoms with Gasteiger partial charge in [-0.05, 0) is 43.3 Å². The highest BCUT2D eigenvalue weighted by Crippen LogP contribution is 2.18. The van der Waals surface area contributed by atoms with Gasteiger partial charge in [0, 0.05) is 5.69 Å². The predicted octanol–water partition coefficient (Wildman–Crippen LogP) is 0.886. The molecule has 1 fully saturated rings. The molecule has 1 aromatic rings. The summed E-state index contributed by atoms with van der Waals surface area (Å²) >= 11 is 4.97. The third-order valence-corrected chi connectivity index (χ3v) is 5.30. The third-order valence-electron chi connectivity index (χ3n) is 3.33. The second kappa shape index (κ2) is 6.57. The van der Waals surface area contributed by atoms with Crippen molar-refractivity contribution in [1.29, 1.82) is 0 Å². The molecule has 0 aromatic heterocycles. The van der Waals surface area contributed by atoms with Crippen molar-refractivity contribution >= 4 is 38.8 Å². The van der Waals surface area contributed by atoms with Gasteiger partial charge in [0.05, 0.1) is 17.4 Å². The lowest BCUT2D eigenvalue weighted by Gasteiger charge is -2.14. The zero-order valence-electron chi connectivity index (χ0n) is 11.8. The zero-order valence-corrected chi connectivity index (χ0v) is 13.5. The molecule has 6 nitrogen and oxygen atoms in total. The van der Waals surface area contributed by atoms with E-state index in [0.717, 1.165) is 0 Å². The number of benzene rings is 1. The lowest BCUT2D eigenvalue weighted by molar-refractivity contribution is -0.124. The quantitative estimate of drug-likeness (QED) is 0.545. The van der Waals surface area contributed by atoms with E-state index in [1.807, 2.05) is 0 Å². The molecule has 1 aromatic carbocycles. The fourth-order valence-electron chi connectivity index (χ4n) is 2.06. The highest BCUT2D eigenvalue weighted by atomic mass is 32.2. The Bertz CT molecular complexity index is 706. The number of halogens is 1. The summed E-state index contributed by atoms with van der Waals surface area (Å²) in [6, 6.07) is 4.54. The number of hydrogen-bond acceptors (Lipinski definition) is 4. The Morgan fingerprint density at radius 2 is 2.09 bits per heavy atom. The number of anilines is 1. The molecule has 0 radical (unpaired) electrons. The van der Waals surface area contributed by atoms with Crippen molar-refractivity contribution in [3.63, 3.8) is 0 Å². The number of rotatable bonds is 2. The average Bonchev–Trinajstić information content (AvgIpc) is 2.81. The van der Waals surface area contributed by atoms with Crippen LogP contribution in [0.25, 0.3) is 0 Å². The summed E-state index contributed by atoms with van der Waals surface area (Å²) in [6.45, 7) is 1.64. The minimum Gasteiger partial charge on any atom is -0.331 e. The van der Waals surface area contributed by atoms with Gasteiger partial charge >= 0.3 is 0 Å². The van der Waals surface area contributed by atoms with Crippen molar-refractivity contribution < 1.29 is 17.6 Å². The van der Waals surface area contributed by atoms with Crippen LogP contribution in [0.15, 0.2) is 18.2 Å². The van der Waals surface area contributed by atoms with Gasteiger partial charge in [0.2, 0.25) is 5.91 Å². The van der Waals surface area contributed by atoms with E-state index in [1.54, 1.807) is 19.1 Å². The van der Waals surface area contributed by atoms with Crippen LogP contribution in [-0.4, -0.2) is 30.9 Å². The summed E-state index contributed by atoms with van der Waals surface area (Å²) in [5.74, 6) is -1.49. The molecule has 1 heterocycles. The summed E-state index contributed by atoms with van der Waals surface area (Å²) in [6.07, 6.45) is 0.305. The third kappa shape index (κ3) is 4.38. The number of hydrazine groups is 1. The molecule has 22 heavy (non-hydrogen) atoms. The summed E-state index contributed by atoms with van der Waals surface area (Å²) in [5, 5.41) is 2.80. The summed E-state index contributed by atoms with van der Waals surface area (Å²) in [4.78, 5) is 11.8. The lowest BCUT2D eigenvalue weighted by atomic mass is 10.1. The number of thiocarbonyl (C=S) groups is 1. The lowest BCUT2D eigenvalue weighted by Crippen LogP contribution is -2.46. The van der Waals surface area contributed by atoms with Gasteiger partial charge in [-0.3, -0.25) is 15.6 Å². The van der Waals surface area contributed by atoms with Crippen molar-refractivity contribution in [1.82, 2.24) is 10.9 Å². The molecule has 9 heteroatoms. The Hall–Kier alpha value is -1.74. The van der Waals surface area contributed by atoms with Crippen molar-refractivity contribution in [2.24, 2.45) is 5.92 Å². The van der Waals surface area contributed by atoms with Crippen LogP contribution in [0.5, 0.6) is 0 Å². The van der Waals surface area contributed by atoms with E-state index in [1.165, 1.54) is 6.07 Å². The van der Waals surface area contributed by atoms with E-state index in [4.69, 9.17) is 12.2 Å². The second-order valence-electron chi connectivity index (χ2n) is 5.13. The van der Waals surface area contributed by atoms with Crippen molar-refractivity contribution in [2.45, 2.75) is 13.3 Å². The van der Waals surface area contributed by atoms with Crippen LogP contribution in [0.1, 0.15) is 12.0 Å². The summed E-state index contributed by atoms with van der Waals surface area (Å²) in [7, 11) is -3.12. The zero-order chi connectivity index (χ0) is 16.3. The van der Waals surface area contributed by atoms with Crippen LogP contribution in [-0.2, 0) is 14.6 Å². The molecule has 1 aliphatic heterocycles. The van der Waals surface area contributed by atoms with Crippen molar-refractivity contribution in [3.8, 4) is 0 Å². The number of hydrogen-bond donors (Lipinski definition) is 3. The Labute approximate surface area is 133 Å². The summed E-state index contributed by atoms with van der Waals surface area (Å²) < 4.78 is 36.0. The normalized spacial score (nSPS) is 19.5. The first-order valence-electron chi connectivity index (χ1n) is 6.60. The molecule has 0 spiro atoms. The van der Waals surface area contributed by atoms with Gasteiger partial charge in [0.1, 0.15) is 5.82 Å². The Morgan fingerprint density at radius 3 is 2.68 bits per heavy atom. The molecule has 0 bridgehead atoms. The highest BCUT2D eigenvalue weighted by molar-refractivity contribution is 7.91. The number of carbonyl (C=O) groups excluding carboxylic acids is 1. The number of carbonyl (C=O) groups is 1.